The van der Waals surface area contributed by atoms with E-state index in [1.807, 2.05) is 49.4 Å². The number of hydrogen-bond donors (Lipinski definition) is 2. The van der Waals surface area contributed by atoms with Crippen molar-refractivity contribution in [3.8, 4) is 5.75 Å². The van der Waals surface area contributed by atoms with Crippen molar-refractivity contribution in [3.63, 3.8) is 0 Å². The van der Waals surface area contributed by atoms with Crippen LogP contribution in [0, 0.1) is 6.92 Å². The third-order valence-electron chi connectivity index (χ3n) is 3.48. The molecule has 0 atom stereocenters. The number of aryl methyl sites for hydroxylation is 1. The van der Waals surface area contributed by atoms with Gasteiger partial charge in [-0.05, 0) is 49.3 Å². The molecule has 2 aromatic rings. The standard InChI is InChI=1S/C19H22N2O2S/c1-3-4-12-23-16-10-7-9-15(13-16)20-19(24)21-18(22)17-11-6-5-8-14(17)2/h5-11,13H,3-4,12H2,1-2H3,(H2,20,21,22,24). The van der Waals surface area contributed by atoms with Crippen LogP contribution < -0.4 is 15.4 Å². The first kappa shape index (κ1) is 17.9. The van der Waals surface area contributed by atoms with Crippen LogP contribution in [0.4, 0.5) is 5.69 Å². The summed E-state index contributed by atoms with van der Waals surface area (Å²) in [6.07, 6.45) is 2.11. The van der Waals surface area contributed by atoms with Gasteiger partial charge < -0.3 is 10.1 Å². The van der Waals surface area contributed by atoms with Crippen molar-refractivity contribution in [3.05, 3.63) is 59.7 Å². The smallest absolute Gasteiger partial charge is 0.257 e. The van der Waals surface area contributed by atoms with Crippen molar-refractivity contribution in [2.24, 2.45) is 0 Å². The second-order valence-electron chi connectivity index (χ2n) is 5.45. The van der Waals surface area contributed by atoms with Crippen LogP contribution in [0.2, 0.25) is 0 Å². The number of ether oxygens (including phenoxy) is 1. The Morgan fingerprint density at radius 2 is 1.96 bits per heavy atom. The summed E-state index contributed by atoms with van der Waals surface area (Å²) < 4.78 is 5.66. The second-order valence-corrected chi connectivity index (χ2v) is 5.86. The highest BCUT2D eigenvalue weighted by Gasteiger charge is 2.10. The Bertz CT molecular complexity index is 716. The maximum atomic E-state index is 12.2. The number of benzene rings is 2. The molecular weight excluding hydrogens is 320 g/mol. The zero-order chi connectivity index (χ0) is 17.4. The maximum absolute atomic E-state index is 12.2. The summed E-state index contributed by atoms with van der Waals surface area (Å²) in [6.45, 7) is 4.70. The molecule has 0 saturated heterocycles. The lowest BCUT2D eigenvalue weighted by atomic mass is 10.1. The molecule has 0 bridgehead atoms. The Labute approximate surface area is 148 Å². The van der Waals surface area contributed by atoms with E-state index in [0.29, 0.717) is 12.2 Å². The Balaban J connectivity index is 1.93. The molecule has 0 aromatic heterocycles. The molecule has 24 heavy (non-hydrogen) atoms. The lowest BCUT2D eigenvalue weighted by molar-refractivity contribution is 0.0977. The van der Waals surface area contributed by atoms with Crippen molar-refractivity contribution in [1.29, 1.82) is 0 Å². The summed E-state index contributed by atoms with van der Waals surface area (Å²) in [5.74, 6) is 0.558. The van der Waals surface area contributed by atoms with Gasteiger partial charge in [0, 0.05) is 17.3 Å². The quantitative estimate of drug-likeness (QED) is 0.607. The molecule has 2 aromatic carbocycles. The third kappa shape index (κ3) is 5.35. The molecule has 2 N–H and O–H groups in total. The van der Waals surface area contributed by atoms with Crippen molar-refractivity contribution in [2.75, 3.05) is 11.9 Å². The van der Waals surface area contributed by atoms with E-state index in [9.17, 15) is 4.79 Å². The Morgan fingerprint density at radius 3 is 2.71 bits per heavy atom. The van der Waals surface area contributed by atoms with Gasteiger partial charge in [0.15, 0.2) is 5.11 Å². The SMILES string of the molecule is CCCCOc1cccc(NC(=S)NC(=O)c2ccccc2C)c1. The molecule has 1 amide bonds. The molecule has 0 aliphatic carbocycles. The molecule has 0 fully saturated rings. The van der Waals surface area contributed by atoms with Crippen LogP contribution >= 0.6 is 12.2 Å². The molecule has 5 heteroatoms. The number of thiocarbonyl (C=S) groups is 1. The van der Waals surface area contributed by atoms with Crippen LogP contribution in [0.15, 0.2) is 48.5 Å². The zero-order valence-electron chi connectivity index (χ0n) is 14.0. The predicted octanol–water partition coefficient (Wildman–Crippen LogP) is 4.30. The number of nitrogens with one attached hydrogen (secondary N) is 2. The zero-order valence-corrected chi connectivity index (χ0v) is 14.8. The van der Waals surface area contributed by atoms with Gasteiger partial charge >= 0.3 is 0 Å². The number of anilines is 1. The molecule has 126 valence electrons. The molecule has 0 unspecified atom stereocenters. The minimum atomic E-state index is -0.221. The Hall–Kier alpha value is -2.40. The topological polar surface area (TPSA) is 50.4 Å². The lowest BCUT2D eigenvalue weighted by Gasteiger charge is -2.12. The summed E-state index contributed by atoms with van der Waals surface area (Å²) in [7, 11) is 0. The first-order valence-corrected chi connectivity index (χ1v) is 8.42. The molecule has 0 spiro atoms. The maximum Gasteiger partial charge on any atom is 0.257 e. The van der Waals surface area contributed by atoms with Crippen LogP contribution in [0.3, 0.4) is 0 Å². The summed E-state index contributed by atoms with van der Waals surface area (Å²) in [6, 6.07) is 14.9. The van der Waals surface area contributed by atoms with Crippen molar-refractivity contribution in [2.45, 2.75) is 26.7 Å². The molecule has 0 aliphatic rings. The molecule has 4 nitrogen and oxygen atoms in total. The summed E-state index contributed by atoms with van der Waals surface area (Å²) in [4.78, 5) is 12.2. The highest BCUT2D eigenvalue weighted by molar-refractivity contribution is 7.80. The summed E-state index contributed by atoms with van der Waals surface area (Å²) in [5.41, 5.74) is 2.29. The first-order chi connectivity index (χ1) is 11.6. The Kier molecular flexibility index (Phi) is 6.75. The molecular formula is C19H22N2O2S. The fourth-order valence-electron chi connectivity index (χ4n) is 2.16. The summed E-state index contributed by atoms with van der Waals surface area (Å²) >= 11 is 5.22. The summed E-state index contributed by atoms with van der Waals surface area (Å²) in [5, 5.41) is 5.97. The van der Waals surface area contributed by atoms with E-state index in [1.165, 1.54) is 0 Å². The van der Waals surface area contributed by atoms with Crippen LogP contribution in [0.1, 0.15) is 35.7 Å². The van der Waals surface area contributed by atoms with Gasteiger partial charge in [-0.1, -0.05) is 37.6 Å². The van der Waals surface area contributed by atoms with Crippen LogP contribution in [0.5, 0.6) is 5.75 Å². The van der Waals surface area contributed by atoms with Crippen LogP contribution in [-0.2, 0) is 0 Å². The fourth-order valence-corrected chi connectivity index (χ4v) is 2.37. The largest absolute Gasteiger partial charge is 0.494 e. The van der Waals surface area contributed by atoms with Gasteiger partial charge in [-0.15, -0.1) is 0 Å². The number of unbranched alkanes of at least 4 members (excludes halogenated alkanes) is 1. The van der Waals surface area contributed by atoms with Crippen molar-refractivity contribution in [1.82, 2.24) is 5.32 Å². The number of carbonyl (C=O) groups excluding carboxylic acids is 1. The van der Waals surface area contributed by atoms with E-state index in [0.717, 1.165) is 29.8 Å². The molecule has 0 radical (unpaired) electrons. The first-order valence-electron chi connectivity index (χ1n) is 8.01. The minimum Gasteiger partial charge on any atom is -0.494 e. The monoisotopic (exact) mass is 342 g/mol. The molecule has 2 rings (SSSR count). The number of carbonyl (C=O) groups is 1. The van der Waals surface area contributed by atoms with E-state index < -0.39 is 0 Å². The minimum absolute atomic E-state index is 0.221. The average Bonchev–Trinajstić information content (AvgIpc) is 2.55. The molecule has 0 heterocycles. The van der Waals surface area contributed by atoms with Crippen LogP contribution in [0.25, 0.3) is 0 Å². The van der Waals surface area contributed by atoms with Gasteiger partial charge in [0.05, 0.1) is 6.61 Å². The van der Waals surface area contributed by atoms with E-state index >= 15 is 0 Å². The van der Waals surface area contributed by atoms with Crippen LogP contribution in [-0.4, -0.2) is 17.6 Å². The second kappa shape index (κ2) is 9.03. The molecule has 0 aliphatic heterocycles. The molecule has 0 saturated carbocycles. The number of hydrogen-bond acceptors (Lipinski definition) is 3. The van der Waals surface area contributed by atoms with Crippen molar-refractivity contribution < 1.29 is 9.53 Å². The van der Waals surface area contributed by atoms with E-state index in [-0.39, 0.29) is 11.0 Å². The van der Waals surface area contributed by atoms with E-state index in [1.54, 1.807) is 6.07 Å². The normalized spacial score (nSPS) is 10.1. The van der Waals surface area contributed by atoms with Gasteiger partial charge in [0.1, 0.15) is 5.75 Å². The highest BCUT2D eigenvalue weighted by Crippen LogP contribution is 2.17. The third-order valence-corrected chi connectivity index (χ3v) is 3.68. The van der Waals surface area contributed by atoms with Gasteiger partial charge in [0.2, 0.25) is 0 Å². The predicted molar refractivity (Wildman–Crippen MR) is 102 cm³/mol. The van der Waals surface area contributed by atoms with Gasteiger partial charge in [-0.25, -0.2) is 0 Å². The van der Waals surface area contributed by atoms with Gasteiger partial charge in [0.25, 0.3) is 5.91 Å². The van der Waals surface area contributed by atoms with Gasteiger partial charge in [-0.3, -0.25) is 10.1 Å². The van der Waals surface area contributed by atoms with E-state index in [2.05, 4.69) is 17.6 Å². The average molecular weight is 342 g/mol. The Morgan fingerprint density at radius 1 is 1.17 bits per heavy atom. The number of amides is 1. The highest BCUT2D eigenvalue weighted by atomic mass is 32.1. The lowest BCUT2D eigenvalue weighted by Crippen LogP contribution is -2.34. The van der Waals surface area contributed by atoms with Gasteiger partial charge in [-0.2, -0.15) is 0 Å². The number of rotatable bonds is 6. The fraction of sp³-hybridized carbons (Fsp3) is 0.263. The van der Waals surface area contributed by atoms with E-state index in [4.69, 9.17) is 17.0 Å². The van der Waals surface area contributed by atoms with Crippen molar-refractivity contribution >= 4 is 28.9 Å².